The fraction of sp³-hybridized carbons (Fsp3) is 0.857. The van der Waals surface area contributed by atoms with Crippen LogP contribution in [0.1, 0.15) is 51.9 Å². The quantitative estimate of drug-likeness (QED) is 0.872. The molecule has 0 radical (unpaired) electrons. The molecule has 0 spiro atoms. The van der Waals surface area contributed by atoms with E-state index in [1.165, 1.54) is 19.3 Å². The molecule has 102 valence electrons. The van der Waals surface area contributed by atoms with Gasteiger partial charge < -0.3 is 5.32 Å². The average molecular weight is 250 g/mol. The molecule has 2 rings (SSSR count). The fourth-order valence-corrected chi connectivity index (χ4v) is 3.29. The third kappa shape index (κ3) is 2.74. The molecule has 1 aliphatic carbocycles. The Morgan fingerprint density at radius 2 is 2.22 bits per heavy atom. The molecule has 0 amide bonds. The Morgan fingerprint density at radius 3 is 2.78 bits per heavy atom. The van der Waals surface area contributed by atoms with Crippen LogP contribution in [0.4, 0.5) is 0 Å². The van der Waals surface area contributed by atoms with E-state index in [9.17, 15) is 0 Å². The summed E-state index contributed by atoms with van der Waals surface area (Å²) in [6, 6.07) is 0.921. The molecule has 1 heterocycles. The highest BCUT2D eigenvalue weighted by atomic mass is 15.3. The fourth-order valence-electron chi connectivity index (χ4n) is 3.29. The zero-order valence-electron chi connectivity index (χ0n) is 12.1. The first-order chi connectivity index (χ1) is 8.63. The highest BCUT2D eigenvalue weighted by molar-refractivity contribution is 4.95. The van der Waals surface area contributed by atoms with Crippen LogP contribution in [0.15, 0.2) is 6.33 Å². The van der Waals surface area contributed by atoms with Crippen LogP contribution in [0.2, 0.25) is 0 Å². The van der Waals surface area contributed by atoms with Gasteiger partial charge in [0.25, 0.3) is 0 Å². The molecule has 0 aliphatic heterocycles. The lowest BCUT2D eigenvalue weighted by Gasteiger charge is -2.26. The number of nitrogens with zero attached hydrogens (tertiary/aromatic N) is 3. The molecule has 1 aromatic heterocycles. The van der Waals surface area contributed by atoms with E-state index in [0.29, 0.717) is 12.1 Å². The molecule has 0 aromatic carbocycles. The molecule has 1 saturated carbocycles. The summed E-state index contributed by atoms with van der Waals surface area (Å²) >= 11 is 0. The maximum Gasteiger partial charge on any atom is 0.138 e. The zero-order chi connectivity index (χ0) is 13.1. The zero-order valence-corrected chi connectivity index (χ0v) is 12.1. The van der Waals surface area contributed by atoms with Crippen LogP contribution in [-0.4, -0.2) is 27.9 Å². The van der Waals surface area contributed by atoms with Gasteiger partial charge in [0, 0.05) is 18.5 Å². The summed E-state index contributed by atoms with van der Waals surface area (Å²) in [7, 11) is 2.08. The predicted molar refractivity (Wildman–Crippen MR) is 73.5 cm³/mol. The second-order valence-corrected chi connectivity index (χ2v) is 5.89. The smallest absolute Gasteiger partial charge is 0.138 e. The van der Waals surface area contributed by atoms with Crippen LogP contribution >= 0.6 is 0 Å². The molecule has 0 saturated heterocycles. The van der Waals surface area contributed by atoms with E-state index >= 15 is 0 Å². The lowest BCUT2D eigenvalue weighted by atomic mass is 9.88. The van der Waals surface area contributed by atoms with Crippen LogP contribution in [0.3, 0.4) is 0 Å². The van der Waals surface area contributed by atoms with Gasteiger partial charge in [-0.3, -0.25) is 0 Å². The van der Waals surface area contributed by atoms with Crippen LogP contribution in [0.5, 0.6) is 0 Å². The summed E-state index contributed by atoms with van der Waals surface area (Å²) in [6.45, 7) is 6.70. The topological polar surface area (TPSA) is 42.7 Å². The maximum absolute atomic E-state index is 4.43. The minimum atomic E-state index is 0.390. The van der Waals surface area contributed by atoms with Crippen molar-refractivity contribution in [1.82, 2.24) is 20.1 Å². The first-order valence-electron chi connectivity index (χ1n) is 7.19. The van der Waals surface area contributed by atoms with Gasteiger partial charge in [0.05, 0.1) is 0 Å². The van der Waals surface area contributed by atoms with Crippen molar-refractivity contribution in [2.45, 2.75) is 58.5 Å². The number of likely N-dealkylation sites (N-methyl/N-ethyl adjacent to an activating group) is 1. The molecule has 1 fully saturated rings. The molecule has 3 atom stereocenters. The molecule has 0 bridgehead atoms. The Hall–Kier alpha value is -0.900. The van der Waals surface area contributed by atoms with Gasteiger partial charge in [-0.1, -0.05) is 19.8 Å². The minimum Gasteiger partial charge on any atom is -0.316 e. The molecule has 3 unspecified atom stereocenters. The SMILES string of the molecule is CNC(Cc1ncnn1C(C)C)C1CCCC1C. The Bertz CT molecular complexity index is 372. The van der Waals surface area contributed by atoms with E-state index in [1.807, 2.05) is 4.68 Å². The Labute approximate surface area is 110 Å². The Kier molecular flexibility index (Phi) is 4.38. The van der Waals surface area contributed by atoms with Crippen molar-refractivity contribution in [3.05, 3.63) is 12.2 Å². The predicted octanol–water partition coefficient (Wildman–Crippen LogP) is 2.43. The highest BCUT2D eigenvalue weighted by Crippen LogP contribution is 2.34. The molecule has 4 nitrogen and oxygen atoms in total. The lowest BCUT2D eigenvalue weighted by molar-refractivity contribution is 0.300. The Morgan fingerprint density at radius 1 is 1.44 bits per heavy atom. The van der Waals surface area contributed by atoms with E-state index in [4.69, 9.17) is 0 Å². The number of hydrogen-bond donors (Lipinski definition) is 1. The minimum absolute atomic E-state index is 0.390. The third-order valence-corrected chi connectivity index (χ3v) is 4.35. The summed E-state index contributed by atoms with van der Waals surface area (Å²) in [5.41, 5.74) is 0. The number of hydrogen-bond acceptors (Lipinski definition) is 3. The van der Waals surface area contributed by atoms with Crippen molar-refractivity contribution >= 4 is 0 Å². The first-order valence-corrected chi connectivity index (χ1v) is 7.19. The second-order valence-electron chi connectivity index (χ2n) is 5.89. The van der Waals surface area contributed by atoms with E-state index in [1.54, 1.807) is 6.33 Å². The van der Waals surface area contributed by atoms with E-state index in [0.717, 1.165) is 24.1 Å². The summed E-state index contributed by atoms with van der Waals surface area (Å²) < 4.78 is 2.05. The maximum atomic E-state index is 4.43. The summed E-state index contributed by atoms with van der Waals surface area (Å²) in [5, 5.41) is 7.82. The van der Waals surface area contributed by atoms with Gasteiger partial charge in [0.2, 0.25) is 0 Å². The van der Waals surface area contributed by atoms with Gasteiger partial charge in [-0.25, -0.2) is 9.67 Å². The van der Waals surface area contributed by atoms with Crippen molar-refractivity contribution in [2.24, 2.45) is 11.8 Å². The van der Waals surface area contributed by atoms with Crippen LogP contribution in [-0.2, 0) is 6.42 Å². The molecular weight excluding hydrogens is 224 g/mol. The van der Waals surface area contributed by atoms with Crippen LogP contribution in [0.25, 0.3) is 0 Å². The average Bonchev–Trinajstić information content (AvgIpc) is 2.94. The molecule has 1 aliphatic rings. The van der Waals surface area contributed by atoms with Crippen molar-refractivity contribution in [3.63, 3.8) is 0 Å². The second kappa shape index (κ2) is 5.83. The standard InChI is InChI=1S/C14H26N4/c1-10(2)18-14(16-9-17-18)8-13(15-4)12-7-5-6-11(12)3/h9-13,15H,5-8H2,1-4H3. The van der Waals surface area contributed by atoms with Crippen LogP contribution < -0.4 is 5.32 Å². The summed E-state index contributed by atoms with van der Waals surface area (Å²) in [6.07, 6.45) is 6.77. The van der Waals surface area contributed by atoms with Gasteiger partial charge in [-0.2, -0.15) is 5.10 Å². The van der Waals surface area contributed by atoms with E-state index in [2.05, 4.69) is 43.2 Å². The van der Waals surface area contributed by atoms with Crippen molar-refractivity contribution < 1.29 is 0 Å². The number of nitrogens with one attached hydrogen (secondary N) is 1. The normalized spacial score (nSPS) is 25.8. The monoisotopic (exact) mass is 250 g/mol. The van der Waals surface area contributed by atoms with Crippen LogP contribution in [0, 0.1) is 11.8 Å². The van der Waals surface area contributed by atoms with Gasteiger partial charge in [0.15, 0.2) is 0 Å². The van der Waals surface area contributed by atoms with E-state index < -0.39 is 0 Å². The third-order valence-electron chi connectivity index (χ3n) is 4.35. The van der Waals surface area contributed by atoms with Gasteiger partial charge >= 0.3 is 0 Å². The number of rotatable bonds is 5. The molecule has 4 heteroatoms. The molecule has 18 heavy (non-hydrogen) atoms. The number of aromatic nitrogens is 3. The van der Waals surface area contributed by atoms with Crippen molar-refractivity contribution in [1.29, 1.82) is 0 Å². The van der Waals surface area contributed by atoms with Gasteiger partial charge in [-0.15, -0.1) is 0 Å². The summed E-state index contributed by atoms with van der Waals surface area (Å²) in [4.78, 5) is 4.43. The summed E-state index contributed by atoms with van der Waals surface area (Å²) in [5.74, 6) is 2.73. The molecule has 1 aromatic rings. The molecule has 1 N–H and O–H groups in total. The van der Waals surface area contributed by atoms with Gasteiger partial charge in [0.1, 0.15) is 12.2 Å². The highest BCUT2D eigenvalue weighted by Gasteiger charge is 2.31. The van der Waals surface area contributed by atoms with Gasteiger partial charge in [-0.05, 0) is 39.2 Å². The Balaban J connectivity index is 2.08. The van der Waals surface area contributed by atoms with Crippen molar-refractivity contribution in [3.8, 4) is 0 Å². The van der Waals surface area contributed by atoms with Crippen molar-refractivity contribution in [2.75, 3.05) is 7.05 Å². The lowest BCUT2D eigenvalue weighted by Crippen LogP contribution is -2.37. The van der Waals surface area contributed by atoms with E-state index in [-0.39, 0.29) is 0 Å². The largest absolute Gasteiger partial charge is 0.316 e. The first kappa shape index (κ1) is 13.5. The molecular formula is C14H26N4.